The van der Waals surface area contributed by atoms with Gasteiger partial charge in [-0.05, 0) is 130 Å². The topological polar surface area (TPSA) is 154 Å². The number of aromatic nitrogens is 2. The fourth-order valence-electron chi connectivity index (χ4n) is 8.96. The summed E-state index contributed by atoms with van der Waals surface area (Å²) in [7, 11) is -0.591. The Morgan fingerprint density at radius 1 is 1.05 bits per heavy atom. The minimum absolute atomic E-state index is 0.0126. The maximum Gasteiger partial charge on any atom is 0.274 e. The molecule has 2 aliphatic carbocycles. The van der Waals surface area contributed by atoms with Gasteiger partial charge in [0.05, 0.1) is 21.6 Å². The highest BCUT2D eigenvalue weighted by Gasteiger charge is 2.34. The molecule has 0 radical (unpaired) electrons. The molecule has 1 saturated heterocycles. The monoisotopic (exact) mass is 865 g/mol. The summed E-state index contributed by atoms with van der Waals surface area (Å²) in [4.78, 5) is 39.6. The number of anilines is 1. The van der Waals surface area contributed by atoms with Crippen LogP contribution < -0.4 is 14.4 Å². The Morgan fingerprint density at radius 3 is 2.56 bits per heavy atom. The zero-order chi connectivity index (χ0) is 43.1. The maximum absolute atomic E-state index is 14.0. The molecule has 0 bridgehead atoms. The maximum atomic E-state index is 14.0. The van der Waals surface area contributed by atoms with Crippen LogP contribution in [-0.4, -0.2) is 92.4 Å². The van der Waals surface area contributed by atoms with Crippen LogP contribution in [0.5, 0.6) is 11.5 Å². The molecule has 2 N–H and O–H groups in total. The fraction of sp³-hybridized carbons (Fsp3) is 0.391. The molecule has 15 heteroatoms. The summed E-state index contributed by atoms with van der Waals surface area (Å²) < 4.78 is 36.3. The van der Waals surface area contributed by atoms with Crippen LogP contribution in [-0.2, 0) is 22.9 Å². The second kappa shape index (κ2) is 17.2. The van der Waals surface area contributed by atoms with Gasteiger partial charge in [-0.15, -0.1) is 0 Å². The number of ether oxygens (including phenoxy) is 1. The van der Waals surface area contributed by atoms with E-state index in [0.717, 1.165) is 87.1 Å². The number of sulfonamides is 1. The molecule has 0 unspecified atom stereocenters. The predicted molar refractivity (Wildman–Crippen MR) is 239 cm³/mol. The number of allylic oxidation sites excluding steroid dienone is 1. The number of H-pyrrole nitrogens is 1. The molecule has 1 amide bonds. The van der Waals surface area contributed by atoms with Gasteiger partial charge in [0, 0.05) is 72.7 Å². The number of nitrogens with one attached hydrogen (secondary N) is 2. The number of carbonyl (C=O) groups excluding carboxylic acids is 1. The summed E-state index contributed by atoms with van der Waals surface area (Å²) in [6.45, 7) is 9.50. The number of carbonyl (C=O) groups is 1. The molecular weight excluding hydrogens is 814 g/mol. The number of nitro groups is 1. The third-order valence-corrected chi connectivity index (χ3v) is 13.9. The zero-order valence-corrected chi connectivity index (χ0v) is 36.6. The molecule has 3 aromatic carbocycles. The third-order valence-electron chi connectivity index (χ3n) is 12.4. The number of benzene rings is 3. The number of hydrogen-bond acceptors (Lipinski definition) is 10. The van der Waals surface area contributed by atoms with E-state index < -0.39 is 20.9 Å². The summed E-state index contributed by atoms with van der Waals surface area (Å²) in [5, 5.41) is 13.7. The Kier molecular flexibility index (Phi) is 12.0. The molecule has 13 nitrogen and oxygen atoms in total. The van der Waals surface area contributed by atoms with E-state index in [1.54, 1.807) is 30.5 Å². The molecule has 1 atom stereocenters. The van der Waals surface area contributed by atoms with Gasteiger partial charge in [-0.2, -0.15) is 0 Å². The van der Waals surface area contributed by atoms with Crippen molar-refractivity contribution in [2.75, 3.05) is 58.3 Å². The lowest BCUT2D eigenvalue weighted by Gasteiger charge is -2.39. The smallest absolute Gasteiger partial charge is 0.274 e. The van der Waals surface area contributed by atoms with E-state index in [4.69, 9.17) is 16.3 Å². The van der Waals surface area contributed by atoms with Crippen LogP contribution in [0.3, 0.4) is 0 Å². The van der Waals surface area contributed by atoms with Gasteiger partial charge < -0.3 is 19.5 Å². The molecule has 1 aliphatic heterocycles. The largest absolute Gasteiger partial charge is 0.455 e. The average Bonchev–Trinajstić information content (AvgIpc) is 3.87. The first-order chi connectivity index (χ1) is 29.1. The van der Waals surface area contributed by atoms with Crippen LogP contribution in [0.15, 0.2) is 89.6 Å². The number of rotatable bonds is 13. The van der Waals surface area contributed by atoms with Crippen molar-refractivity contribution in [2.45, 2.75) is 57.3 Å². The standard InChI is InChI=1S/C46H52ClN7O6S/c1-46(2)14-11-33(41(27-46)31-5-7-35(47)8-6-31)29-52-17-19-53(20-18-52)36-9-10-39(43(25-36)60-37-23-32-12-15-48-44(32)49-28-37)45(55)50-61(58,59)38-24-34-21-30(13-16-51(3)4)22-40(34)42(26-38)54(56)57/h5-10,12,15,23-26,28,30H,11,13-14,16-22,27,29H2,1-4H3,(H,48,49)(H,50,55)/t30-/m1/s1. The van der Waals surface area contributed by atoms with Crippen LogP contribution >= 0.6 is 11.6 Å². The predicted octanol–water partition coefficient (Wildman–Crippen LogP) is 8.49. The second-order valence-corrected chi connectivity index (χ2v) is 19.8. The number of nitrogens with zero attached hydrogens (tertiary/aromatic N) is 5. The normalized spacial score (nSPS) is 18.1. The number of aromatic amines is 1. The molecule has 8 rings (SSSR count). The van der Waals surface area contributed by atoms with Crippen molar-refractivity contribution in [1.29, 1.82) is 0 Å². The van der Waals surface area contributed by atoms with Gasteiger partial charge in [0.1, 0.15) is 17.1 Å². The number of amides is 1. The molecular formula is C46H52ClN7O6S. The second-order valence-electron chi connectivity index (χ2n) is 17.7. The molecule has 2 aromatic heterocycles. The molecule has 3 heterocycles. The number of pyridine rings is 1. The number of piperazine rings is 1. The minimum atomic E-state index is -4.53. The number of fused-ring (bicyclic) bond motifs is 2. The zero-order valence-electron chi connectivity index (χ0n) is 35.0. The Labute approximate surface area is 361 Å². The molecule has 61 heavy (non-hydrogen) atoms. The summed E-state index contributed by atoms with van der Waals surface area (Å²) in [6.07, 6.45) is 8.36. The van der Waals surface area contributed by atoms with E-state index in [9.17, 15) is 23.3 Å². The summed E-state index contributed by atoms with van der Waals surface area (Å²) >= 11 is 6.24. The van der Waals surface area contributed by atoms with E-state index in [2.05, 4.69) is 55.4 Å². The van der Waals surface area contributed by atoms with Gasteiger partial charge in [-0.25, -0.2) is 18.1 Å². The van der Waals surface area contributed by atoms with Crippen molar-refractivity contribution in [3.05, 3.63) is 122 Å². The molecule has 0 spiro atoms. The van der Waals surface area contributed by atoms with Crippen molar-refractivity contribution in [2.24, 2.45) is 11.3 Å². The third kappa shape index (κ3) is 9.62. The van der Waals surface area contributed by atoms with Crippen LogP contribution in [0.2, 0.25) is 5.02 Å². The molecule has 0 saturated carbocycles. The van der Waals surface area contributed by atoms with E-state index in [-0.39, 0.29) is 33.2 Å². The van der Waals surface area contributed by atoms with Gasteiger partial charge in [0.2, 0.25) is 0 Å². The van der Waals surface area contributed by atoms with Gasteiger partial charge in [0.25, 0.3) is 21.6 Å². The highest BCUT2D eigenvalue weighted by Crippen LogP contribution is 2.44. The minimum Gasteiger partial charge on any atom is -0.455 e. The summed E-state index contributed by atoms with van der Waals surface area (Å²) in [6, 6.07) is 19.5. The van der Waals surface area contributed by atoms with Crippen LogP contribution in [0.1, 0.15) is 66.6 Å². The van der Waals surface area contributed by atoms with Crippen molar-refractivity contribution < 1.29 is 22.9 Å². The molecule has 3 aliphatic rings. The quantitative estimate of drug-likeness (QED) is 0.0870. The Morgan fingerprint density at radius 2 is 1.82 bits per heavy atom. The van der Waals surface area contributed by atoms with E-state index in [1.165, 1.54) is 29.0 Å². The lowest BCUT2D eigenvalue weighted by Crippen LogP contribution is -2.47. The first-order valence-electron chi connectivity index (χ1n) is 20.8. The van der Waals surface area contributed by atoms with E-state index in [1.807, 2.05) is 32.3 Å². The van der Waals surface area contributed by atoms with Crippen LogP contribution in [0.25, 0.3) is 16.6 Å². The van der Waals surface area contributed by atoms with Gasteiger partial charge in [0.15, 0.2) is 0 Å². The summed E-state index contributed by atoms with van der Waals surface area (Å²) in [5.74, 6) is -0.255. The Bertz CT molecular complexity index is 2620. The van der Waals surface area contributed by atoms with Crippen LogP contribution in [0.4, 0.5) is 11.4 Å². The van der Waals surface area contributed by atoms with E-state index in [0.29, 0.717) is 35.4 Å². The number of halogens is 1. The lowest BCUT2D eigenvalue weighted by atomic mass is 9.72. The fourth-order valence-corrected chi connectivity index (χ4v) is 10.1. The van der Waals surface area contributed by atoms with Crippen molar-refractivity contribution in [3.63, 3.8) is 0 Å². The number of nitro benzene ring substituents is 1. The number of hydrogen-bond donors (Lipinski definition) is 2. The average molecular weight is 866 g/mol. The van der Waals surface area contributed by atoms with E-state index >= 15 is 0 Å². The van der Waals surface area contributed by atoms with Crippen molar-refractivity contribution in [1.82, 2.24) is 24.5 Å². The first-order valence-corrected chi connectivity index (χ1v) is 22.7. The van der Waals surface area contributed by atoms with Crippen molar-refractivity contribution in [3.8, 4) is 11.5 Å². The molecule has 5 aromatic rings. The molecule has 320 valence electrons. The Hall–Kier alpha value is -5.28. The Balaban J connectivity index is 1.02. The lowest BCUT2D eigenvalue weighted by molar-refractivity contribution is -0.385. The highest BCUT2D eigenvalue weighted by atomic mass is 35.5. The van der Waals surface area contributed by atoms with Gasteiger partial charge >= 0.3 is 0 Å². The van der Waals surface area contributed by atoms with Crippen molar-refractivity contribution >= 4 is 55.5 Å². The van der Waals surface area contributed by atoms with Crippen LogP contribution in [0, 0.1) is 21.4 Å². The van der Waals surface area contributed by atoms with Gasteiger partial charge in [-0.3, -0.25) is 19.8 Å². The molecule has 1 fully saturated rings. The first kappa shape index (κ1) is 42.4. The highest BCUT2D eigenvalue weighted by molar-refractivity contribution is 7.90. The van der Waals surface area contributed by atoms with Gasteiger partial charge in [-0.1, -0.05) is 43.2 Å². The SMILES string of the molecule is CN(C)CC[C@@H]1Cc2cc(S(=O)(=O)NC(=O)c3ccc(N4CCN(CC5=C(c6ccc(Cl)cc6)CC(C)(C)CC5)CC4)cc3Oc3cnc4[nH]ccc4c3)cc([N+](=O)[O-])c2C1. The summed E-state index contributed by atoms with van der Waals surface area (Å²) in [5.41, 5.74) is 6.76.